The molecule has 11 heteroatoms. The summed E-state index contributed by atoms with van der Waals surface area (Å²) in [7, 11) is 0. The molecule has 3 aromatic heterocycles. The van der Waals surface area contributed by atoms with Gasteiger partial charge in [-0.25, -0.2) is 0 Å². The molecule has 0 spiro atoms. The van der Waals surface area contributed by atoms with E-state index in [4.69, 9.17) is 4.74 Å². The second-order valence-corrected chi connectivity index (χ2v) is 35.9. The van der Waals surface area contributed by atoms with Crippen LogP contribution in [0.3, 0.4) is 0 Å². The molecule has 22 aromatic rings. The third kappa shape index (κ3) is 11.1. The number of hydrogen-bond donors (Lipinski definition) is 0. The van der Waals surface area contributed by atoms with E-state index in [2.05, 4.69) is 455 Å². The summed E-state index contributed by atoms with van der Waals surface area (Å²) in [6.07, 6.45) is 0. The molecule has 7 heterocycles. The number of para-hydroxylation sites is 6. The Morgan fingerprint density at radius 3 is 1.12 bits per heavy atom. The number of ether oxygens (including phenoxy) is 1. The minimum Gasteiger partial charge on any atom is -0.458 e. The summed E-state index contributed by atoms with van der Waals surface area (Å²) in [6, 6.07) is 161. The van der Waals surface area contributed by atoms with Gasteiger partial charge in [0, 0.05) is 126 Å². The lowest BCUT2D eigenvalue weighted by Crippen LogP contribution is -2.64. The van der Waals surface area contributed by atoms with Gasteiger partial charge in [-0.1, -0.05) is 328 Å². The fraction of sp³-hybridized carbons (Fsp3) is 0. The minimum atomic E-state index is -0.327. The third-order valence-corrected chi connectivity index (χ3v) is 29.6. The van der Waals surface area contributed by atoms with Crippen molar-refractivity contribution in [3.8, 4) is 56.0 Å². The Morgan fingerprint density at radius 1 is 0.224 bits per heavy atom. The highest BCUT2D eigenvalue weighted by atomic mass is 32.1. The summed E-state index contributed by atoms with van der Waals surface area (Å²) in [5, 5.41) is 7.39. The molecule has 4 aliphatic rings. The lowest BCUT2D eigenvalue weighted by Gasteiger charge is -2.46. The summed E-state index contributed by atoms with van der Waals surface area (Å²) in [6.45, 7) is -0.647. The van der Waals surface area contributed by atoms with Crippen LogP contribution >= 0.6 is 34.0 Å². The topological polar surface area (TPSA) is 25.4 Å². The van der Waals surface area contributed by atoms with Gasteiger partial charge in [0.15, 0.2) is 0 Å². The highest BCUT2D eigenvalue weighted by Crippen LogP contribution is 2.58. The molecule has 0 aliphatic carbocycles. The van der Waals surface area contributed by atoms with Crippen LogP contribution in [0.4, 0.5) is 85.3 Å². The van der Waals surface area contributed by atoms with Crippen molar-refractivity contribution in [2.75, 3.05) is 24.5 Å². The van der Waals surface area contributed by atoms with E-state index in [-0.39, 0.29) is 13.4 Å². The van der Waals surface area contributed by atoms with Crippen LogP contribution in [-0.2, 0) is 0 Å². The predicted octanol–water partition coefficient (Wildman–Crippen LogP) is 28.9. The second kappa shape index (κ2) is 28.7. The molecule has 0 amide bonds. The molecule has 6 nitrogen and oxygen atoms in total. The molecule has 26 rings (SSSR count). The highest BCUT2D eigenvalue weighted by molar-refractivity contribution is 7.27. The number of benzene rings is 19. The summed E-state index contributed by atoms with van der Waals surface area (Å²) in [4.78, 5) is 13.0. The van der Waals surface area contributed by atoms with E-state index in [1.165, 1.54) is 82.4 Å². The maximum atomic E-state index is 8.34. The van der Waals surface area contributed by atoms with Gasteiger partial charge in [-0.15, -0.1) is 34.0 Å². The van der Waals surface area contributed by atoms with Gasteiger partial charge in [0.05, 0.1) is 53.9 Å². The molecule has 0 saturated heterocycles. The average Bonchev–Trinajstić information content (AvgIpc) is 1.10. The largest absolute Gasteiger partial charge is 0.458 e. The first kappa shape index (κ1) is 71.5. The first-order valence-electron chi connectivity index (χ1n) is 42.8. The lowest BCUT2D eigenvalue weighted by molar-refractivity contribution is 0.488. The first-order chi connectivity index (χ1) is 62.1. The smallest absolute Gasteiger partial charge is 0.256 e. The number of fused-ring (bicyclic) bond motifs is 17. The van der Waals surface area contributed by atoms with Crippen LogP contribution in [0.2, 0.25) is 0 Å². The Hall–Kier alpha value is -15.2. The molecule has 19 aromatic carbocycles. The van der Waals surface area contributed by atoms with Crippen LogP contribution in [0.15, 0.2) is 431 Å². The maximum Gasteiger partial charge on any atom is 0.256 e. The Morgan fingerprint density at radius 2 is 0.592 bits per heavy atom. The molecule has 0 fully saturated rings. The van der Waals surface area contributed by atoms with Crippen molar-refractivity contribution in [3.05, 3.63) is 431 Å². The number of thiophene rings is 3. The quantitative estimate of drug-likeness (QED) is 0.107. The van der Waals surface area contributed by atoms with E-state index in [0.29, 0.717) is 0 Å². The Bertz CT molecular complexity index is 8030. The van der Waals surface area contributed by atoms with E-state index in [1.807, 2.05) is 34.0 Å². The predicted molar refractivity (Wildman–Crippen MR) is 536 cm³/mol. The van der Waals surface area contributed by atoms with Crippen molar-refractivity contribution in [2.45, 2.75) is 0 Å². The average molecular weight is 1640 g/mol. The molecule has 4 aliphatic heterocycles. The maximum absolute atomic E-state index is 8.34. The van der Waals surface area contributed by atoms with E-state index < -0.39 is 0 Å². The van der Waals surface area contributed by atoms with Crippen LogP contribution in [0.5, 0.6) is 11.5 Å². The molecule has 125 heavy (non-hydrogen) atoms. The molecule has 0 atom stereocenters. The molecule has 582 valence electrons. The number of rotatable bonds is 13. The zero-order chi connectivity index (χ0) is 81.9. The fourth-order valence-corrected chi connectivity index (χ4v) is 24.4. The summed E-state index contributed by atoms with van der Waals surface area (Å²) in [5.74, 6) is 1.58. The summed E-state index contributed by atoms with van der Waals surface area (Å²) >= 11 is 5.60. The van der Waals surface area contributed by atoms with Crippen LogP contribution < -0.4 is 62.0 Å². The first-order valence-corrected chi connectivity index (χ1v) is 45.2. The molecule has 0 unspecified atom stereocenters. The summed E-state index contributed by atoms with van der Waals surface area (Å²) in [5.41, 5.74) is 31.9. The molecule has 0 N–H and O–H groups in total. The van der Waals surface area contributed by atoms with Gasteiger partial charge in [-0.2, -0.15) is 0 Å². The highest BCUT2D eigenvalue weighted by Gasteiger charge is 2.50. The molecular formula is C114H71B2N5OS3. The minimum absolute atomic E-state index is 0.320. The summed E-state index contributed by atoms with van der Waals surface area (Å²) < 4.78 is 15.7. The third-order valence-electron chi connectivity index (χ3n) is 26.0. The van der Waals surface area contributed by atoms with E-state index in [9.17, 15) is 0 Å². The van der Waals surface area contributed by atoms with Crippen molar-refractivity contribution in [3.63, 3.8) is 0 Å². The van der Waals surface area contributed by atoms with Gasteiger partial charge in [-0.3, -0.25) is 0 Å². The Balaban J connectivity index is 0.788. The number of anilines is 15. The van der Waals surface area contributed by atoms with Gasteiger partial charge >= 0.3 is 0 Å². The van der Waals surface area contributed by atoms with Crippen LogP contribution in [-0.4, -0.2) is 13.4 Å². The normalized spacial score (nSPS) is 12.8. The van der Waals surface area contributed by atoms with Gasteiger partial charge in [-0.05, 0) is 146 Å². The molecular weight excluding hydrogens is 1570 g/mol. The number of hydrogen-bond acceptors (Lipinski definition) is 9. The molecule has 0 saturated carbocycles. The van der Waals surface area contributed by atoms with Crippen LogP contribution in [0.25, 0.3) is 105 Å². The van der Waals surface area contributed by atoms with Crippen molar-refractivity contribution in [1.29, 1.82) is 0 Å². The SMILES string of the molecule is c1ccc(-c2cccc(-c3ccccc3)c2N(c2ccccc2)c2cc3c4c(c2)N(c2cccc5c2sc2ccccc25)c2ccccc2B4c2cc4c(cc2O3)N(c2cccc3c2sc2ccccc23)c2cc(N(c3ccccc3)c3cccc5c3sc3ccccc35)cc3c2B4c2ccccc2N3c2c(-c3ccccc3)cccc2-c2ccccc2)cc1. The molecule has 0 bridgehead atoms. The number of nitrogens with zero attached hydrogens (tertiary/aromatic N) is 5. The zero-order valence-corrected chi connectivity index (χ0v) is 70.0. The zero-order valence-electron chi connectivity index (χ0n) is 67.5. The monoisotopic (exact) mass is 1640 g/mol. The van der Waals surface area contributed by atoms with Crippen molar-refractivity contribution in [2.24, 2.45) is 0 Å². The van der Waals surface area contributed by atoms with Gasteiger partial charge in [0.25, 0.3) is 13.4 Å². The van der Waals surface area contributed by atoms with Crippen molar-refractivity contribution in [1.82, 2.24) is 0 Å². The van der Waals surface area contributed by atoms with Crippen molar-refractivity contribution >= 4 is 226 Å². The van der Waals surface area contributed by atoms with E-state index in [1.54, 1.807) is 0 Å². The second-order valence-electron chi connectivity index (χ2n) is 32.8. The van der Waals surface area contributed by atoms with Crippen LogP contribution in [0.1, 0.15) is 0 Å². The van der Waals surface area contributed by atoms with Crippen molar-refractivity contribution < 1.29 is 4.74 Å². The Kier molecular flexibility index (Phi) is 16.4. The lowest BCUT2D eigenvalue weighted by atomic mass is 9.30. The van der Waals surface area contributed by atoms with Crippen LogP contribution in [0, 0.1) is 0 Å². The van der Waals surface area contributed by atoms with Gasteiger partial charge in [0.2, 0.25) is 0 Å². The van der Waals surface area contributed by atoms with E-state index >= 15 is 0 Å². The Labute approximate surface area is 736 Å². The van der Waals surface area contributed by atoms with Gasteiger partial charge in [0.1, 0.15) is 11.5 Å². The van der Waals surface area contributed by atoms with Gasteiger partial charge < -0.3 is 29.2 Å². The fourth-order valence-electron chi connectivity index (χ4n) is 20.8. The molecule has 0 radical (unpaired) electrons. The standard InChI is InChI=1S/C114H71B2N5OS3/c1-7-34-72(35-8-1)80-49-29-50-81(73-36-9-2-10-37-73)110(80)118(77-44-17-6-18-45-77)79-68-102-109-104(69-79)122-103-71-99-92(70-93(103)116(109)90-56-22-24-58-94(90)119(102)97-61-32-54-88-85-47-20-27-64-106(85)124-113(88)97)115-91-57-23-25-59-95(91)121(111-82(74-38-11-3-12-39-74)51-30-52-83(111)75-40-13-4-14-41-75)101-67-78(66-100(108(101)115)120(99)98-62-33-55-89-86-48-21-28-65-107(86)125-114(89)98)117(76-42-15-5-16-43-76)96-60-31-53-87-84-46-19-26-63-105(84)123-112(87)96/h1-71H. The van der Waals surface area contributed by atoms with E-state index in [0.717, 1.165) is 152 Å².